The minimum absolute atomic E-state index is 0.184. The van der Waals surface area contributed by atoms with Crippen molar-refractivity contribution < 1.29 is 8.42 Å². The van der Waals surface area contributed by atoms with E-state index in [-0.39, 0.29) is 10.8 Å². The second-order valence-electron chi connectivity index (χ2n) is 4.16. The molecule has 0 saturated heterocycles. The van der Waals surface area contributed by atoms with Gasteiger partial charge < -0.3 is 0 Å². The molecule has 0 unspecified atom stereocenters. The molecule has 5 heteroatoms. The van der Waals surface area contributed by atoms with E-state index in [9.17, 15) is 8.42 Å². The molecule has 0 atom stereocenters. The monoisotopic (exact) mass is 259 g/mol. The van der Waals surface area contributed by atoms with Crippen LogP contribution in [0.1, 0.15) is 43.7 Å². The summed E-state index contributed by atoms with van der Waals surface area (Å²) in [6.45, 7) is 0. The summed E-state index contributed by atoms with van der Waals surface area (Å²) in [7, 11) is 1.74. The van der Waals surface area contributed by atoms with Gasteiger partial charge in [-0.2, -0.15) is 0 Å². The van der Waals surface area contributed by atoms with Crippen molar-refractivity contribution in [3.63, 3.8) is 0 Å². The van der Waals surface area contributed by atoms with Gasteiger partial charge in [0.05, 0.1) is 5.69 Å². The Bertz CT molecular complexity index is 467. The molecule has 1 aliphatic rings. The Morgan fingerprint density at radius 3 is 2.56 bits per heavy atom. The van der Waals surface area contributed by atoms with E-state index in [0.29, 0.717) is 5.69 Å². The zero-order valence-corrected chi connectivity index (χ0v) is 10.5. The van der Waals surface area contributed by atoms with Crippen LogP contribution in [-0.4, -0.2) is 13.4 Å². The normalized spacial score (nSPS) is 18.6. The highest BCUT2D eigenvalue weighted by Gasteiger charge is 2.24. The van der Waals surface area contributed by atoms with Crippen molar-refractivity contribution in [2.75, 3.05) is 0 Å². The van der Waals surface area contributed by atoms with E-state index < -0.39 is 9.05 Å². The van der Waals surface area contributed by atoms with Crippen LogP contribution in [0.5, 0.6) is 0 Å². The van der Waals surface area contributed by atoms with Crippen molar-refractivity contribution in [2.24, 2.45) is 0 Å². The van der Waals surface area contributed by atoms with Crippen molar-refractivity contribution >= 4 is 19.7 Å². The van der Waals surface area contributed by atoms with E-state index in [1.165, 1.54) is 6.42 Å². The Morgan fingerprint density at radius 1 is 1.25 bits per heavy atom. The molecule has 88 valence electrons. The summed E-state index contributed by atoms with van der Waals surface area (Å²) in [4.78, 5) is 4.39. The van der Waals surface area contributed by atoms with Gasteiger partial charge in [0.2, 0.25) is 0 Å². The summed E-state index contributed by atoms with van der Waals surface area (Å²) in [5.74, 6) is 0.249. The Morgan fingerprint density at radius 2 is 1.94 bits per heavy atom. The summed E-state index contributed by atoms with van der Waals surface area (Å²) in [5, 5.41) is 0. The van der Waals surface area contributed by atoms with Crippen LogP contribution in [0, 0.1) is 0 Å². The molecule has 0 N–H and O–H groups in total. The SMILES string of the molecule is O=S(=O)(Cl)c1cccnc1C1CCCCC1. The second-order valence-corrected chi connectivity index (χ2v) is 6.69. The van der Waals surface area contributed by atoms with Gasteiger partial charge in [-0.25, -0.2) is 8.42 Å². The fourth-order valence-electron chi connectivity index (χ4n) is 2.29. The number of hydrogen-bond acceptors (Lipinski definition) is 3. The average molecular weight is 260 g/mol. The van der Waals surface area contributed by atoms with Gasteiger partial charge >= 0.3 is 0 Å². The summed E-state index contributed by atoms with van der Waals surface area (Å²) in [6.07, 6.45) is 7.17. The van der Waals surface area contributed by atoms with Crippen LogP contribution in [0.3, 0.4) is 0 Å². The largest absolute Gasteiger partial charge is 0.263 e. The highest BCUT2D eigenvalue weighted by Crippen LogP contribution is 2.35. The first-order valence-corrected chi connectivity index (χ1v) is 7.79. The van der Waals surface area contributed by atoms with Crippen LogP contribution < -0.4 is 0 Å². The fraction of sp³-hybridized carbons (Fsp3) is 0.545. The summed E-state index contributed by atoms with van der Waals surface area (Å²) < 4.78 is 22.8. The molecule has 0 aromatic carbocycles. The molecule has 16 heavy (non-hydrogen) atoms. The molecule has 0 radical (unpaired) electrons. The maximum Gasteiger partial charge on any atom is 0.263 e. The van der Waals surface area contributed by atoms with Gasteiger partial charge in [0.25, 0.3) is 9.05 Å². The summed E-state index contributed by atoms with van der Waals surface area (Å²) in [6, 6.07) is 3.15. The first kappa shape index (κ1) is 11.9. The molecule has 1 aliphatic carbocycles. The van der Waals surface area contributed by atoms with Crippen LogP contribution in [0.15, 0.2) is 23.2 Å². The minimum Gasteiger partial charge on any atom is -0.260 e. The van der Waals surface area contributed by atoms with E-state index >= 15 is 0 Å². The zero-order valence-electron chi connectivity index (χ0n) is 8.89. The predicted molar refractivity (Wildman–Crippen MR) is 63.1 cm³/mol. The highest BCUT2D eigenvalue weighted by molar-refractivity contribution is 8.13. The zero-order chi connectivity index (χ0) is 11.6. The lowest BCUT2D eigenvalue weighted by Crippen LogP contribution is -2.10. The molecular formula is C11H14ClNO2S. The third kappa shape index (κ3) is 2.55. The van der Waals surface area contributed by atoms with Gasteiger partial charge in [0, 0.05) is 22.8 Å². The molecule has 3 nitrogen and oxygen atoms in total. The number of rotatable bonds is 2. The molecule has 1 fully saturated rings. The Kier molecular flexibility index (Phi) is 3.50. The number of aromatic nitrogens is 1. The van der Waals surface area contributed by atoms with E-state index in [1.807, 2.05) is 0 Å². The number of hydrogen-bond donors (Lipinski definition) is 0. The highest BCUT2D eigenvalue weighted by atomic mass is 35.7. The van der Waals surface area contributed by atoms with Crippen molar-refractivity contribution in [1.82, 2.24) is 4.98 Å². The second kappa shape index (κ2) is 4.72. The van der Waals surface area contributed by atoms with E-state index in [1.54, 1.807) is 18.3 Å². The smallest absolute Gasteiger partial charge is 0.260 e. The number of halogens is 1. The fourth-order valence-corrected chi connectivity index (χ4v) is 3.39. The predicted octanol–water partition coefficient (Wildman–Crippen LogP) is 3.06. The Hall–Kier alpha value is -0.610. The van der Waals surface area contributed by atoms with E-state index in [4.69, 9.17) is 10.7 Å². The van der Waals surface area contributed by atoms with Crippen molar-refractivity contribution in [2.45, 2.75) is 42.9 Å². The first-order chi connectivity index (χ1) is 7.59. The maximum atomic E-state index is 11.4. The molecule has 0 bridgehead atoms. The van der Waals surface area contributed by atoms with Crippen LogP contribution in [-0.2, 0) is 9.05 Å². The topological polar surface area (TPSA) is 47.0 Å². The van der Waals surface area contributed by atoms with Gasteiger partial charge in [-0.3, -0.25) is 4.98 Å². The van der Waals surface area contributed by atoms with Gasteiger partial charge in [0.15, 0.2) is 0 Å². The summed E-state index contributed by atoms with van der Waals surface area (Å²) >= 11 is 0. The third-order valence-electron chi connectivity index (χ3n) is 3.05. The molecule has 2 rings (SSSR count). The minimum atomic E-state index is -3.67. The van der Waals surface area contributed by atoms with Gasteiger partial charge in [0.1, 0.15) is 4.90 Å². The average Bonchev–Trinajstić information content (AvgIpc) is 2.29. The molecule has 1 aromatic rings. The maximum absolute atomic E-state index is 11.4. The number of nitrogens with zero attached hydrogens (tertiary/aromatic N) is 1. The van der Waals surface area contributed by atoms with Gasteiger partial charge in [-0.15, -0.1) is 0 Å². The lowest BCUT2D eigenvalue weighted by molar-refractivity contribution is 0.431. The van der Waals surface area contributed by atoms with Crippen LogP contribution in [0.2, 0.25) is 0 Å². The van der Waals surface area contributed by atoms with Crippen molar-refractivity contribution in [3.05, 3.63) is 24.0 Å². The van der Waals surface area contributed by atoms with Gasteiger partial charge in [-0.1, -0.05) is 19.3 Å². The Balaban J connectivity index is 2.40. The molecule has 0 aliphatic heterocycles. The van der Waals surface area contributed by atoms with Crippen molar-refractivity contribution in [3.8, 4) is 0 Å². The summed E-state index contributed by atoms with van der Waals surface area (Å²) in [5.41, 5.74) is 0.650. The molecule has 1 saturated carbocycles. The van der Waals surface area contributed by atoms with Crippen LogP contribution >= 0.6 is 10.7 Å². The molecule has 0 amide bonds. The standard InChI is InChI=1S/C11H14ClNO2S/c12-16(14,15)10-7-4-8-13-11(10)9-5-2-1-3-6-9/h4,7-9H,1-3,5-6H2. The molecule has 0 spiro atoms. The van der Waals surface area contributed by atoms with Crippen molar-refractivity contribution in [1.29, 1.82) is 0 Å². The third-order valence-corrected chi connectivity index (χ3v) is 4.42. The lowest BCUT2D eigenvalue weighted by Gasteiger charge is -2.22. The van der Waals surface area contributed by atoms with Gasteiger partial charge in [-0.05, 0) is 25.0 Å². The van der Waals surface area contributed by atoms with E-state index in [0.717, 1.165) is 25.7 Å². The molecule has 1 aromatic heterocycles. The lowest BCUT2D eigenvalue weighted by atomic mass is 9.87. The van der Waals surface area contributed by atoms with Crippen LogP contribution in [0.4, 0.5) is 0 Å². The number of pyridine rings is 1. The first-order valence-electron chi connectivity index (χ1n) is 5.48. The molecular weight excluding hydrogens is 246 g/mol. The Labute approximate surface area is 100 Å². The quantitative estimate of drug-likeness (QED) is 0.767. The molecule has 1 heterocycles. The van der Waals surface area contributed by atoms with E-state index in [2.05, 4.69) is 4.98 Å². The van der Waals surface area contributed by atoms with Crippen LogP contribution in [0.25, 0.3) is 0 Å².